The fourth-order valence-corrected chi connectivity index (χ4v) is 8.64. The topological polar surface area (TPSA) is 80.8 Å². The highest BCUT2D eigenvalue weighted by molar-refractivity contribution is 9.11. The summed E-state index contributed by atoms with van der Waals surface area (Å²) < 4.78 is 33.9. The third-order valence-corrected chi connectivity index (χ3v) is 10.3. The Morgan fingerprint density at radius 1 is 0.850 bits per heavy atom. The molecule has 0 spiro atoms. The van der Waals surface area contributed by atoms with Gasteiger partial charge in [0.1, 0.15) is 4.90 Å². The fraction of sp³-hybridized carbons (Fsp3) is 0.419. The number of ketones is 2. The second-order valence-corrected chi connectivity index (χ2v) is 16.1. The van der Waals surface area contributed by atoms with Crippen LogP contribution in [0, 0.1) is 17.8 Å². The van der Waals surface area contributed by atoms with E-state index < -0.39 is 16.0 Å². The molecule has 6 nitrogen and oxygen atoms in total. The lowest BCUT2D eigenvalue weighted by Gasteiger charge is -2.48. The van der Waals surface area contributed by atoms with Crippen LogP contribution in [0.2, 0.25) is 0 Å². The number of nitrogens with zero attached hydrogens (tertiary/aromatic N) is 1. The van der Waals surface area contributed by atoms with Crippen LogP contribution in [-0.2, 0) is 19.7 Å². The minimum Gasteiger partial charge on any atom is -0.377 e. The molecule has 212 valence electrons. The Labute approximate surface area is 253 Å². The largest absolute Gasteiger partial charge is 0.377 e. The molecule has 0 atom stereocenters. The molecule has 0 unspecified atom stereocenters. The van der Waals surface area contributed by atoms with Crippen molar-refractivity contribution in [3.05, 3.63) is 79.0 Å². The number of allylic oxidation sites excluding steroid dienone is 4. The van der Waals surface area contributed by atoms with Crippen molar-refractivity contribution in [1.29, 1.82) is 0 Å². The van der Waals surface area contributed by atoms with E-state index in [1.807, 2.05) is 14.0 Å². The summed E-state index contributed by atoms with van der Waals surface area (Å²) in [6.45, 7) is 10.2. The smallest absolute Gasteiger partial charge is 0.339 e. The maximum Gasteiger partial charge on any atom is 0.339 e. The van der Waals surface area contributed by atoms with Crippen molar-refractivity contribution in [2.45, 2.75) is 71.1 Å². The molecular weight excluding hydrogens is 658 g/mol. The van der Waals surface area contributed by atoms with Crippen molar-refractivity contribution in [3.63, 3.8) is 0 Å². The molecule has 40 heavy (non-hydrogen) atoms. The zero-order valence-electron chi connectivity index (χ0n) is 23.5. The van der Waals surface area contributed by atoms with Crippen LogP contribution in [-0.4, -0.2) is 31.9 Å². The van der Waals surface area contributed by atoms with E-state index in [2.05, 4.69) is 64.5 Å². The summed E-state index contributed by atoms with van der Waals surface area (Å²) in [7, 11) is -2.27. The lowest BCUT2D eigenvalue weighted by molar-refractivity contribution is -0.119. The van der Waals surface area contributed by atoms with Crippen LogP contribution in [0.4, 0.5) is 0 Å². The normalized spacial score (nSPS) is 20.9. The Kier molecular flexibility index (Phi) is 7.28. The molecule has 2 aliphatic carbocycles. The second kappa shape index (κ2) is 9.95. The number of hydrogen-bond donors (Lipinski definition) is 0. The fourth-order valence-electron chi connectivity index (χ4n) is 6.22. The summed E-state index contributed by atoms with van der Waals surface area (Å²) in [5.41, 5.74) is 3.78. The van der Waals surface area contributed by atoms with Gasteiger partial charge in [-0.15, -0.1) is 0 Å². The third-order valence-electron chi connectivity index (χ3n) is 8.03. The van der Waals surface area contributed by atoms with E-state index in [0.717, 1.165) is 17.0 Å². The molecule has 3 aliphatic rings. The molecule has 2 aromatic rings. The molecule has 0 N–H and O–H groups in total. The molecule has 1 aliphatic heterocycles. The van der Waals surface area contributed by atoms with Gasteiger partial charge in [-0.3, -0.25) is 9.59 Å². The van der Waals surface area contributed by atoms with Crippen molar-refractivity contribution in [2.75, 3.05) is 7.05 Å². The minimum atomic E-state index is -4.22. The van der Waals surface area contributed by atoms with E-state index in [0.29, 0.717) is 51.3 Å². The van der Waals surface area contributed by atoms with Crippen molar-refractivity contribution in [2.24, 2.45) is 10.8 Å². The van der Waals surface area contributed by atoms with E-state index in [4.69, 9.17) is 4.18 Å². The van der Waals surface area contributed by atoms with Crippen molar-refractivity contribution < 1.29 is 22.2 Å². The zero-order valence-corrected chi connectivity index (χ0v) is 27.5. The second-order valence-electron chi connectivity index (χ2n) is 12.8. The molecular formula is C31H33Br2NO5S. The first-order valence-electron chi connectivity index (χ1n) is 13.3. The summed E-state index contributed by atoms with van der Waals surface area (Å²) in [5.74, 6) is -0.732. The van der Waals surface area contributed by atoms with Gasteiger partial charge in [-0.1, -0.05) is 61.3 Å². The number of carbonyl (C=O) groups excluding carboxylic acids is 2. The van der Waals surface area contributed by atoms with Crippen LogP contribution in [0.15, 0.2) is 72.8 Å². The van der Waals surface area contributed by atoms with Crippen LogP contribution in [0.25, 0.3) is 0 Å². The molecule has 0 saturated heterocycles. The molecule has 0 bridgehead atoms. The highest BCUT2D eigenvalue weighted by Crippen LogP contribution is 2.56. The molecule has 2 aromatic carbocycles. The van der Waals surface area contributed by atoms with Crippen LogP contribution in [0.5, 0.6) is 5.75 Å². The van der Waals surface area contributed by atoms with Gasteiger partial charge >= 0.3 is 10.1 Å². The first-order chi connectivity index (χ1) is 18.5. The minimum absolute atomic E-state index is 0.0213. The molecule has 0 aromatic heterocycles. The molecule has 5 rings (SSSR count). The predicted octanol–water partition coefficient (Wildman–Crippen LogP) is 7.60. The maximum absolute atomic E-state index is 13.9. The summed E-state index contributed by atoms with van der Waals surface area (Å²) in [5, 5.41) is 0. The standard InChI is InChI=1S/C31H33Br2NO5S/c1-17-7-9-19(10-8-17)40(37,38)39-29-20(11-18(32)12-21(29)33)26-27-22(13-30(2,3)15-24(27)35)34(6)23-14-31(4,5)16-25(36)28(23)26/h7-12,26H,13-16H2,1-6H3. The van der Waals surface area contributed by atoms with Crippen LogP contribution in [0.3, 0.4) is 0 Å². The number of halogens is 2. The molecule has 0 radical (unpaired) electrons. The number of rotatable bonds is 4. The predicted molar refractivity (Wildman–Crippen MR) is 161 cm³/mol. The SMILES string of the molecule is Cc1ccc(S(=O)(=O)Oc2c(Br)cc(Br)cc2C2C3=C(CC(C)(C)CC3=O)N(C)C3=C2C(=O)CC(C)(C)C3)cc1. The van der Waals surface area contributed by atoms with Gasteiger partial charge in [-0.25, -0.2) is 0 Å². The number of carbonyl (C=O) groups is 2. The van der Waals surface area contributed by atoms with Gasteiger partial charge in [-0.2, -0.15) is 8.42 Å². The van der Waals surface area contributed by atoms with E-state index >= 15 is 0 Å². The van der Waals surface area contributed by atoms with Crippen LogP contribution in [0.1, 0.15) is 70.4 Å². The Morgan fingerprint density at radius 3 is 1.85 bits per heavy atom. The van der Waals surface area contributed by atoms with E-state index in [1.165, 1.54) is 12.1 Å². The molecule has 9 heteroatoms. The molecule has 0 amide bonds. The van der Waals surface area contributed by atoms with E-state index in [-0.39, 0.29) is 33.0 Å². The number of Topliss-reactive ketones (excluding diaryl/α,β-unsaturated/α-hetero) is 2. The lowest BCUT2D eigenvalue weighted by Crippen LogP contribution is -2.43. The van der Waals surface area contributed by atoms with Gasteiger partial charge in [-0.05, 0) is 70.8 Å². The van der Waals surface area contributed by atoms with Crippen LogP contribution >= 0.6 is 31.9 Å². The summed E-state index contributed by atoms with van der Waals surface area (Å²) in [4.78, 5) is 29.9. The Hall–Kier alpha value is -2.23. The lowest BCUT2D eigenvalue weighted by atomic mass is 9.63. The van der Waals surface area contributed by atoms with E-state index in [9.17, 15) is 18.0 Å². The summed E-state index contributed by atoms with van der Waals surface area (Å²) in [6, 6.07) is 9.92. The number of aryl methyl sites for hydroxylation is 1. The van der Waals surface area contributed by atoms with Gasteiger partial charge in [0, 0.05) is 58.4 Å². The Balaban J connectivity index is 1.77. The average Bonchev–Trinajstić information content (AvgIpc) is 2.81. The molecule has 0 fully saturated rings. The van der Waals surface area contributed by atoms with Gasteiger partial charge < -0.3 is 9.08 Å². The summed E-state index contributed by atoms with van der Waals surface area (Å²) >= 11 is 7.08. The number of benzene rings is 2. The maximum atomic E-state index is 13.9. The average molecular weight is 691 g/mol. The third kappa shape index (κ3) is 5.25. The highest BCUT2D eigenvalue weighted by atomic mass is 79.9. The van der Waals surface area contributed by atoms with Gasteiger partial charge in [0.25, 0.3) is 0 Å². The Morgan fingerprint density at radius 2 is 1.35 bits per heavy atom. The van der Waals surface area contributed by atoms with Crippen molar-refractivity contribution in [1.82, 2.24) is 4.90 Å². The monoisotopic (exact) mass is 689 g/mol. The van der Waals surface area contributed by atoms with Gasteiger partial charge in [0.15, 0.2) is 17.3 Å². The highest BCUT2D eigenvalue weighted by Gasteiger charge is 2.49. The summed E-state index contributed by atoms with van der Waals surface area (Å²) in [6.07, 6.45) is 2.01. The first kappa shape index (κ1) is 29.3. The van der Waals surface area contributed by atoms with Crippen molar-refractivity contribution in [3.8, 4) is 5.75 Å². The Bertz CT molecular complexity index is 1560. The van der Waals surface area contributed by atoms with E-state index in [1.54, 1.807) is 24.3 Å². The quantitative estimate of drug-likeness (QED) is 0.308. The van der Waals surface area contributed by atoms with Crippen molar-refractivity contribution >= 4 is 53.5 Å². The molecule has 0 saturated carbocycles. The molecule has 1 heterocycles. The van der Waals surface area contributed by atoms with Gasteiger partial charge in [0.05, 0.1) is 4.47 Å². The first-order valence-corrected chi connectivity index (χ1v) is 16.3. The van der Waals surface area contributed by atoms with Gasteiger partial charge in [0.2, 0.25) is 0 Å². The number of hydrogen-bond acceptors (Lipinski definition) is 6. The zero-order chi connectivity index (χ0) is 29.4. The van der Waals surface area contributed by atoms with Crippen LogP contribution < -0.4 is 4.18 Å².